The summed E-state index contributed by atoms with van der Waals surface area (Å²) in [5.74, 6) is -1.67. The van der Waals surface area contributed by atoms with E-state index in [0.717, 1.165) is 77.0 Å². The van der Waals surface area contributed by atoms with E-state index in [0.29, 0.717) is 74.4 Å². The van der Waals surface area contributed by atoms with Crippen molar-refractivity contribution in [1.29, 1.82) is 0 Å². The summed E-state index contributed by atoms with van der Waals surface area (Å²) in [4.78, 5) is 52.8. The minimum absolute atomic E-state index is 0.333. The number of allylic oxidation sites excluding steroid dienone is 6. The number of carbonyl (C=O) groups is 4. The van der Waals surface area contributed by atoms with Crippen molar-refractivity contribution >= 4 is 23.9 Å². The first-order valence-corrected chi connectivity index (χ1v) is 17.5. The van der Waals surface area contributed by atoms with E-state index in [1.165, 1.54) is 33.4 Å². The third-order valence-corrected chi connectivity index (χ3v) is 9.41. The van der Waals surface area contributed by atoms with Gasteiger partial charge in [-0.25, -0.2) is 19.2 Å². The van der Waals surface area contributed by atoms with Crippen LogP contribution in [0.25, 0.3) is 0 Å². The van der Waals surface area contributed by atoms with Gasteiger partial charge in [0.25, 0.3) is 0 Å². The first-order valence-electron chi connectivity index (χ1n) is 17.5. The van der Waals surface area contributed by atoms with Crippen LogP contribution in [-0.2, 0) is 38.1 Å². The Balaban J connectivity index is 1.51. The van der Waals surface area contributed by atoms with Gasteiger partial charge in [-0.2, -0.15) is 0 Å². The highest BCUT2D eigenvalue weighted by Gasteiger charge is 2.37. The highest BCUT2D eigenvalue weighted by Crippen LogP contribution is 2.49. The van der Waals surface area contributed by atoms with Gasteiger partial charge in [0.1, 0.15) is 0 Å². The molecule has 4 aliphatic carbocycles. The largest absolute Gasteiger partial charge is 0.462 e. The third kappa shape index (κ3) is 8.89. The van der Waals surface area contributed by atoms with E-state index >= 15 is 0 Å². The number of carbonyl (C=O) groups excluding carboxylic acids is 4. The topological polar surface area (TPSA) is 105 Å². The Bertz CT molecular complexity index is 1150. The molecular weight excluding hydrogens is 584 g/mol. The summed E-state index contributed by atoms with van der Waals surface area (Å²) >= 11 is 0. The van der Waals surface area contributed by atoms with E-state index in [2.05, 4.69) is 0 Å². The lowest BCUT2D eigenvalue weighted by molar-refractivity contribution is -0.142. The maximum atomic E-state index is 13.2. The Labute approximate surface area is 274 Å². The average molecular weight is 637 g/mol. The highest BCUT2D eigenvalue weighted by atomic mass is 16.5. The summed E-state index contributed by atoms with van der Waals surface area (Å²) in [6.07, 6.45) is 11.3. The quantitative estimate of drug-likeness (QED) is 0.0726. The van der Waals surface area contributed by atoms with Gasteiger partial charge in [0.2, 0.25) is 0 Å². The summed E-state index contributed by atoms with van der Waals surface area (Å²) in [5, 5.41) is 0. The van der Waals surface area contributed by atoms with Crippen molar-refractivity contribution in [1.82, 2.24) is 0 Å². The molecule has 0 amide bonds. The molecule has 46 heavy (non-hydrogen) atoms. The molecule has 0 heterocycles. The van der Waals surface area contributed by atoms with Gasteiger partial charge in [-0.3, -0.25) is 0 Å². The first kappa shape index (κ1) is 35.4. The van der Waals surface area contributed by atoms with Gasteiger partial charge < -0.3 is 18.9 Å². The molecule has 0 saturated heterocycles. The number of unbranched alkanes of at least 4 members (excludes halogenated alkanes) is 4. The molecule has 0 atom stereocenters. The van der Waals surface area contributed by atoms with E-state index < -0.39 is 23.9 Å². The van der Waals surface area contributed by atoms with E-state index in [9.17, 15) is 19.2 Å². The van der Waals surface area contributed by atoms with Crippen LogP contribution in [0.15, 0.2) is 55.7 Å². The van der Waals surface area contributed by atoms with Crippen LogP contribution in [0.2, 0.25) is 0 Å². The van der Waals surface area contributed by atoms with Crippen molar-refractivity contribution < 1.29 is 38.1 Å². The SMILES string of the molecule is CCCCOC(=O)C1=C(C(=O)OCCCC)CC2=C(CC3=C(C2)CC2=C(C3)CC(C(=O)OCCCC)=C(C(=O)OCCCC)C2)C1. The molecule has 4 rings (SSSR count). The minimum atomic E-state index is -0.419. The number of rotatable bonds is 16. The van der Waals surface area contributed by atoms with Crippen molar-refractivity contribution in [3.63, 3.8) is 0 Å². The first-order chi connectivity index (χ1) is 22.3. The Morgan fingerprint density at radius 2 is 0.565 bits per heavy atom. The zero-order chi connectivity index (χ0) is 33.1. The van der Waals surface area contributed by atoms with E-state index in [-0.39, 0.29) is 0 Å². The van der Waals surface area contributed by atoms with Crippen LogP contribution in [0, 0.1) is 0 Å². The van der Waals surface area contributed by atoms with Gasteiger partial charge >= 0.3 is 23.9 Å². The Kier molecular flexibility index (Phi) is 13.5. The van der Waals surface area contributed by atoms with Crippen molar-refractivity contribution in [2.75, 3.05) is 26.4 Å². The van der Waals surface area contributed by atoms with E-state index in [1.807, 2.05) is 27.7 Å². The fraction of sp³-hybridized carbons (Fsp3) is 0.632. The third-order valence-electron chi connectivity index (χ3n) is 9.41. The van der Waals surface area contributed by atoms with Crippen LogP contribution in [0.3, 0.4) is 0 Å². The fourth-order valence-corrected chi connectivity index (χ4v) is 6.55. The zero-order valence-corrected chi connectivity index (χ0v) is 28.4. The van der Waals surface area contributed by atoms with Crippen molar-refractivity contribution in [2.45, 2.75) is 130 Å². The molecule has 8 nitrogen and oxygen atoms in total. The molecule has 0 aromatic carbocycles. The van der Waals surface area contributed by atoms with Gasteiger partial charge in [0.05, 0.1) is 48.7 Å². The van der Waals surface area contributed by atoms with Crippen LogP contribution in [-0.4, -0.2) is 50.3 Å². The molecule has 0 aliphatic heterocycles. The number of hydrogen-bond donors (Lipinski definition) is 0. The normalized spacial score (nSPS) is 17.8. The van der Waals surface area contributed by atoms with Crippen LogP contribution >= 0.6 is 0 Å². The number of esters is 4. The van der Waals surface area contributed by atoms with Gasteiger partial charge in [-0.05, 0) is 51.4 Å². The predicted octanol–water partition coefficient (Wildman–Crippen LogP) is 8.02. The second-order valence-corrected chi connectivity index (χ2v) is 12.9. The maximum absolute atomic E-state index is 13.2. The van der Waals surface area contributed by atoms with Crippen molar-refractivity contribution in [3.8, 4) is 0 Å². The van der Waals surface area contributed by atoms with E-state index in [1.54, 1.807) is 0 Å². The van der Waals surface area contributed by atoms with Gasteiger partial charge in [-0.1, -0.05) is 86.8 Å². The highest BCUT2D eigenvalue weighted by molar-refractivity contribution is 6.02. The van der Waals surface area contributed by atoms with Gasteiger partial charge in [-0.15, -0.1) is 0 Å². The summed E-state index contributed by atoms with van der Waals surface area (Å²) in [5.41, 5.74) is 9.08. The number of ether oxygens (including phenoxy) is 4. The second-order valence-electron chi connectivity index (χ2n) is 12.9. The molecule has 0 unspecified atom stereocenters. The number of hydrogen-bond acceptors (Lipinski definition) is 8. The lowest BCUT2D eigenvalue weighted by Gasteiger charge is -2.36. The molecule has 4 aliphatic rings. The zero-order valence-electron chi connectivity index (χ0n) is 28.4. The van der Waals surface area contributed by atoms with Gasteiger partial charge in [0, 0.05) is 25.7 Å². The molecule has 0 aromatic heterocycles. The Morgan fingerprint density at radius 3 is 0.761 bits per heavy atom. The minimum Gasteiger partial charge on any atom is -0.462 e. The fourth-order valence-electron chi connectivity index (χ4n) is 6.55. The van der Waals surface area contributed by atoms with Crippen LogP contribution in [0.5, 0.6) is 0 Å². The summed E-state index contributed by atoms with van der Waals surface area (Å²) in [7, 11) is 0. The molecule has 0 radical (unpaired) electrons. The monoisotopic (exact) mass is 636 g/mol. The summed E-state index contributed by atoms with van der Waals surface area (Å²) < 4.78 is 22.3. The molecule has 0 spiro atoms. The van der Waals surface area contributed by atoms with E-state index in [4.69, 9.17) is 18.9 Å². The molecule has 0 aromatic rings. The summed E-state index contributed by atoms with van der Waals surface area (Å²) in [6.45, 7) is 9.50. The molecule has 0 bridgehead atoms. The Morgan fingerprint density at radius 1 is 0.370 bits per heavy atom. The predicted molar refractivity (Wildman–Crippen MR) is 176 cm³/mol. The maximum Gasteiger partial charge on any atom is 0.334 e. The van der Waals surface area contributed by atoms with Gasteiger partial charge in [0.15, 0.2) is 0 Å². The Hall–Kier alpha value is -3.42. The molecular formula is C38H52O8. The van der Waals surface area contributed by atoms with Crippen LogP contribution < -0.4 is 0 Å². The van der Waals surface area contributed by atoms with Crippen LogP contribution in [0.1, 0.15) is 130 Å². The summed E-state index contributed by atoms with van der Waals surface area (Å²) in [6, 6.07) is 0. The van der Waals surface area contributed by atoms with Crippen LogP contribution in [0.4, 0.5) is 0 Å². The molecule has 252 valence electrons. The lowest BCUT2D eigenvalue weighted by atomic mass is 9.69. The smallest absolute Gasteiger partial charge is 0.334 e. The van der Waals surface area contributed by atoms with Crippen molar-refractivity contribution in [3.05, 3.63) is 55.7 Å². The molecule has 0 N–H and O–H groups in total. The second kappa shape index (κ2) is 17.5. The molecule has 0 saturated carbocycles. The lowest BCUT2D eigenvalue weighted by Crippen LogP contribution is -2.25. The van der Waals surface area contributed by atoms with Crippen molar-refractivity contribution in [2.24, 2.45) is 0 Å². The molecule has 0 fully saturated rings. The average Bonchev–Trinajstić information content (AvgIpc) is 3.05. The molecule has 8 heteroatoms. The standard InChI is InChI=1S/C38H52O8/c1-5-9-13-43-35(39)31-21-27-17-25-19-29-23-33(37(41)45-15-11-7-3)34(38(42)46-16-12-8-4)24-30(29)20-26(25)18-28(27)22-32(31)36(40)44-14-10-6-2/h5-24H2,1-4H3.